The molecule has 0 radical (unpaired) electrons. The Morgan fingerprint density at radius 2 is 1.78 bits per heavy atom. The molecule has 2 rings (SSSR count). The second kappa shape index (κ2) is 8.49. The van der Waals surface area contributed by atoms with Gasteiger partial charge in [0.1, 0.15) is 6.54 Å². The van der Waals surface area contributed by atoms with Crippen LogP contribution in [0.1, 0.15) is 31.0 Å². The molecule has 2 aromatic rings. The van der Waals surface area contributed by atoms with Crippen molar-refractivity contribution in [2.75, 3.05) is 14.1 Å². The van der Waals surface area contributed by atoms with E-state index in [0.717, 1.165) is 26.9 Å². The lowest BCUT2D eigenvalue weighted by Crippen LogP contribution is -2.34. The predicted octanol–water partition coefficient (Wildman–Crippen LogP) is 1.54. The van der Waals surface area contributed by atoms with Crippen molar-refractivity contribution in [3.8, 4) is 0 Å². The summed E-state index contributed by atoms with van der Waals surface area (Å²) in [6.45, 7) is 3.67. The van der Waals surface area contributed by atoms with Gasteiger partial charge in [-0.15, -0.1) is 0 Å². The highest BCUT2D eigenvalue weighted by Crippen LogP contribution is 2.14. The van der Waals surface area contributed by atoms with Crippen LogP contribution in [0.4, 0.5) is 0 Å². The quantitative estimate of drug-likeness (QED) is 0.775. The predicted molar refractivity (Wildman–Crippen MR) is 104 cm³/mol. The molecule has 0 aliphatic rings. The molecule has 0 saturated carbocycles. The van der Waals surface area contributed by atoms with Crippen molar-refractivity contribution >= 4 is 15.9 Å². The van der Waals surface area contributed by atoms with E-state index >= 15 is 0 Å². The first-order chi connectivity index (χ1) is 12.6. The van der Waals surface area contributed by atoms with Crippen LogP contribution in [-0.4, -0.2) is 37.3 Å². The minimum Gasteiger partial charge on any atom is -0.348 e. The molecule has 0 saturated heterocycles. The van der Waals surface area contributed by atoms with Gasteiger partial charge in [0, 0.05) is 26.4 Å². The smallest absolute Gasteiger partial charge is 0.251 e. The maximum atomic E-state index is 12.3. The number of hydrogen-bond acceptors (Lipinski definition) is 4. The fraction of sp³-hybridized carbons (Fsp3) is 0.368. The zero-order valence-electron chi connectivity index (χ0n) is 16.0. The number of amides is 1. The number of aromatic nitrogens is 1. The Labute approximate surface area is 159 Å². The number of nitrogens with one attached hydrogen (secondary N) is 1. The van der Waals surface area contributed by atoms with E-state index in [1.807, 2.05) is 31.2 Å². The number of rotatable bonds is 7. The van der Waals surface area contributed by atoms with Crippen molar-refractivity contribution in [2.24, 2.45) is 0 Å². The van der Waals surface area contributed by atoms with Gasteiger partial charge in [0.15, 0.2) is 0 Å². The summed E-state index contributed by atoms with van der Waals surface area (Å²) < 4.78 is 26.6. The molecule has 1 aromatic heterocycles. The maximum Gasteiger partial charge on any atom is 0.251 e. The van der Waals surface area contributed by atoms with Crippen molar-refractivity contribution in [1.29, 1.82) is 0 Å². The van der Waals surface area contributed by atoms with E-state index in [2.05, 4.69) is 12.2 Å². The van der Waals surface area contributed by atoms with Crippen LogP contribution in [0, 0.1) is 0 Å². The zero-order chi connectivity index (χ0) is 20.2. The highest BCUT2D eigenvalue weighted by molar-refractivity contribution is 7.89. The first kappa shape index (κ1) is 20.9. The van der Waals surface area contributed by atoms with Gasteiger partial charge in [-0.2, -0.15) is 0 Å². The van der Waals surface area contributed by atoms with Crippen LogP contribution >= 0.6 is 0 Å². The molecular weight excluding hydrogens is 366 g/mol. The first-order valence-corrected chi connectivity index (χ1v) is 10.1. The molecule has 0 aliphatic heterocycles. The van der Waals surface area contributed by atoms with Crippen LogP contribution < -0.4 is 10.9 Å². The molecule has 0 spiro atoms. The van der Waals surface area contributed by atoms with Crippen molar-refractivity contribution in [3.63, 3.8) is 0 Å². The third kappa shape index (κ3) is 5.05. The van der Waals surface area contributed by atoms with E-state index in [1.165, 1.54) is 31.9 Å². The molecular formula is C19H25N3O4S. The first-order valence-electron chi connectivity index (χ1n) is 8.66. The topological polar surface area (TPSA) is 88.5 Å². The Morgan fingerprint density at radius 1 is 1.15 bits per heavy atom. The van der Waals surface area contributed by atoms with Crippen molar-refractivity contribution in [1.82, 2.24) is 14.2 Å². The van der Waals surface area contributed by atoms with Gasteiger partial charge in [-0.05, 0) is 30.5 Å². The normalized spacial score (nSPS) is 12.8. The highest BCUT2D eigenvalue weighted by Gasteiger charge is 2.19. The largest absolute Gasteiger partial charge is 0.348 e. The van der Waals surface area contributed by atoms with E-state index in [4.69, 9.17) is 0 Å². The third-order valence-electron chi connectivity index (χ3n) is 4.31. The van der Waals surface area contributed by atoms with Crippen LogP contribution in [0.3, 0.4) is 0 Å². The lowest BCUT2D eigenvalue weighted by molar-refractivity contribution is -0.122. The molecule has 0 aliphatic carbocycles. The summed E-state index contributed by atoms with van der Waals surface area (Å²) in [5, 5.41) is 2.83. The molecule has 0 bridgehead atoms. The Balaban J connectivity index is 2.14. The van der Waals surface area contributed by atoms with E-state index < -0.39 is 15.6 Å². The minimum atomic E-state index is -3.68. The van der Waals surface area contributed by atoms with Crippen molar-refractivity contribution in [2.45, 2.75) is 37.8 Å². The molecule has 1 atom stereocenters. The second-order valence-corrected chi connectivity index (χ2v) is 8.65. The summed E-state index contributed by atoms with van der Waals surface area (Å²) in [7, 11) is -0.871. The second-order valence-electron chi connectivity index (χ2n) is 6.50. The standard InChI is InChI=1S/C19H25N3O4S/c1-5-15-6-8-16(9-7-15)14(2)20-18(23)13-22-12-17(10-11-19(22)24)27(25,26)21(3)4/h6-12,14H,5,13H2,1-4H3,(H,20,23). The Hall–Kier alpha value is -2.45. The number of benzene rings is 1. The summed E-state index contributed by atoms with van der Waals surface area (Å²) in [5.41, 5.74) is 1.72. The Bertz CT molecular complexity index is 963. The number of sulfonamides is 1. The summed E-state index contributed by atoms with van der Waals surface area (Å²) in [5.74, 6) is -0.372. The summed E-state index contributed by atoms with van der Waals surface area (Å²) >= 11 is 0. The lowest BCUT2D eigenvalue weighted by atomic mass is 10.1. The van der Waals surface area contributed by atoms with Crippen LogP contribution in [0.25, 0.3) is 0 Å². The van der Waals surface area contributed by atoms with E-state index in [9.17, 15) is 18.0 Å². The van der Waals surface area contributed by atoms with Crippen LogP contribution in [0.2, 0.25) is 0 Å². The van der Waals surface area contributed by atoms with Gasteiger partial charge in [-0.25, -0.2) is 12.7 Å². The molecule has 1 heterocycles. The summed E-state index contributed by atoms with van der Waals surface area (Å²) in [6.07, 6.45) is 2.13. The Morgan fingerprint density at radius 3 is 2.33 bits per heavy atom. The van der Waals surface area contributed by atoms with Gasteiger partial charge >= 0.3 is 0 Å². The van der Waals surface area contributed by atoms with E-state index in [1.54, 1.807) is 0 Å². The average molecular weight is 391 g/mol. The SMILES string of the molecule is CCc1ccc(C(C)NC(=O)Cn2cc(S(=O)(=O)N(C)C)ccc2=O)cc1. The number of aryl methyl sites for hydroxylation is 1. The van der Waals surface area contributed by atoms with Crippen LogP contribution in [0.15, 0.2) is 52.3 Å². The van der Waals surface area contributed by atoms with Gasteiger partial charge in [-0.3, -0.25) is 9.59 Å². The van der Waals surface area contributed by atoms with Crippen molar-refractivity contribution in [3.05, 3.63) is 64.1 Å². The number of carbonyl (C=O) groups is 1. The van der Waals surface area contributed by atoms with Gasteiger partial charge in [0.05, 0.1) is 10.9 Å². The molecule has 7 nitrogen and oxygen atoms in total. The number of hydrogen-bond donors (Lipinski definition) is 1. The maximum absolute atomic E-state index is 12.3. The molecule has 1 N–H and O–H groups in total. The molecule has 0 fully saturated rings. The highest BCUT2D eigenvalue weighted by atomic mass is 32.2. The van der Waals surface area contributed by atoms with Crippen LogP contribution in [-0.2, 0) is 27.8 Å². The average Bonchev–Trinajstić information content (AvgIpc) is 2.63. The summed E-state index contributed by atoms with van der Waals surface area (Å²) in [6, 6.07) is 10.1. The summed E-state index contributed by atoms with van der Waals surface area (Å²) in [4.78, 5) is 24.3. The fourth-order valence-corrected chi connectivity index (χ4v) is 3.49. The van der Waals surface area contributed by atoms with Crippen molar-refractivity contribution < 1.29 is 13.2 Å². The van der Waals surface area contributed by atoms with Crippen LogP contribution in [0.5, 0.6) is 0 Å². The van der Waals surface area contributed by atoms with E-state index in [0.29, 0.717) is 0 Å². The van der Waals surface area contributed by atoms with Gasteiger partial charge in [0.25, 0.3) is 5.56 Å². The minimum absolute atomic E-state index is 0.0388. The van der Waals surface area contributed by atoms with Gasteiger partial charge in [0.2, 0.25) is 15.9 Å². The molecule has 27 heavy (non-hydrogen) atoms. The molecule has 146 valence electrons. The Kier molecular flexibility index (Phi) is 6.56. The number of pyridine rings is 1. The molecule has 8 heteroatoms. The van der Waals surface area contributed by atoms with Gasteiger partial charge in [-0.1, -0.05) is 31.2 Å². The molecule has 1 aromatic carbocycles. The molecule has 1 unspecified atom stereocenters. The lowest BCUT2D eigenvalue weighted by Gasteiger charge is -2.16. The zero-order valence-corrected chi connectivity index (χ0v) is 16.8. The molecule has 1 amide bonds. The van der Waals surface area contributed by atoms with E-state index in [-0.39, 0.29) is 23.4 Å². The monoisotopic (exact) mass is 391 g/mol. The van der Waals surface area contributed by atoms with Gasteiger partial charge < -0.3 is 9.88 Å². The fourth-order valence-electron chi connectivity index (χ4n) is 2.56. The number of carbonyl (C=O) groups excluding carboxylic acids is 1. The number of nitrogens with zero attached hydrogens (tertiary/aromatic N) is 2. The third-order valence-corrected chi connectivity index (χ3v) is 6.11.